The molecule has 1 aromatic rings. The van der Waals surface area contributed by atoms with Gasteiger partial charge in [0.2, 0.25) is 0 Å². The molecule has 0 heterocycles. The molecule has 4 heteroatoms. The quantitative estimate of drug-likeness (QED) is 0.465. The van der Waals surface area contributed by atoms with Crippen LogP contribution >= 0.6 is 0 Å². The Kier molecular flexibility index (Phi) is 5.79. The summed E-state index contributed by atoms with van der Waals surface area (Å²) in [5, 5.41) is 0. The van der Waals surface area contributed by atoms with Gasteiger partial charge in [-0.15, -0.1) is 0 Å². The van der Waals surface area contributed by atoms with E-state index in [1.165, 1.54) is 0 Å². The minimum atomic E-state index is -0.596. The first kappa shape index (κ1) is 15.0. The fourth-order valence-electron chi connectivity index (χ4n) is 1.52. The Morgan fingerprint density at radius 3 is 2.42 bits per heavy atom. The van der Waals surface area contributed by atoms with Gasteiger partial charge >= 0.3 is 11.9 Å². The fraction of sp³-hybridized carbons (Fsp3) is 0.333. The minimum absolute atomic E-state index is 0.248. The van der Waals surface area contributed by atoms with Gasteiger partial charge in [0, 0.05) is 12.2 Å². The van der Waals surface area contributed by atoms with Gasteiger partial charge < -0.3 is 9.47 Å². The summed E-state index contributed by atoms with van der Waals surface area (Å²) in [5.74, 6) is -0.396. The van der Waals surface area contributed by atoms with Crippen molar-refractivity contribution >= 4 is 11.9 Å². The molecule has 102 valence electrons. The Balaban J connectivity index is 2.70. The van der Waals surface area contributed by atoms with E-state index in [9.17, 15) is 9.59 Å². The summed E-state index contributed by atoms with van der Waals surface area (Å²) in [6, 6.07) is 7.32. The van der Waals surface area contributed by atoms with E-state index in [0.29, 0.717) is 5.75 Å². The molecule has 0 spiro atoms. The highest BCUT2D eigenvalue weighted by Crippen LogP contribution is 2.25. The third kappa shape index (κ3) is 4.95. The second-order valence-corrected chi connectivity index (χ2v) is 4.20. The van der Waals surface area contributed by atoms with Gasteiger partial charge in [-0.05, 0) is 24.5 Å². The SMILES string of the molecule is CCOC(=O)/C=C/C(=O)Oc1ccccc1C(C)C. The standard InChI is InChI=1S/C15H18O4/c1-4-18-14(16)9-10-15(17)19-13-8-6-5-7-12(13)11(2)3/h5-11H,4H2,1-3H3/b10-9+. The van der Waals surface area contributed by atoms with Gasteiger partial charge in [-0.25, -0.2) is 9.59 Å². The lowest BCUT2D eigenvalue weighted by Gasteiger charge is -2.11. The lowest BCUT2D eigenvalue weighted by molar-refractivity contribution is -0.138. The molecule has 0 unspecified atom stereocenters. The smallest absolute Gasteiger partial charge is 0.336 e. The first-order valence-corrected chi connectivity index (χ1v) is 6.20. The Hall–Kier alpha value is -2.10. The summed E-state index contributed by atoms with van der Waals surface area (Å²) in [6.07, 6.45) is 2.12. The molecule has 19 heavy (non-hydrogen) atoms. The molecular formula is C15H18O4. The van der Waals surface area contributed by atoms with Crippen molar-refractivity contribution in [3.63, 3.8) is 0 Å². The predicted octanol–water partition coefficient (Wildman–Crippen LogP) is 2.83. The third-order valence-electron chi connectivity index (χ3n) is 2.39. The zero-order valence-electron chi connectivity index (χ0n) is 11.4. The molecular weight excluding hydrogens is 244 g/mol. The lowest BCUT2D eigenvalue weighted by Crippen LogP contribution is -2.08. The van der Waals surface area contributed by atoms with Gasteiger partial charge in [0.1, 0.15) is 5.75 Å². The highest BCUT2D eigenvalue weighted by atomic mass is 16.5. The summed E-state index contributed by atoms with van der Waals surface area (Å²) >= 11 is 0. The van der Waals surface area contributed by atoms with E-state index in [0.717, 1.165) is 17.7 Å². The number of hydrogen-bond donors (Lipinski definition) is 0. The normalized spacial score (nSPS) is 10.7. The number of para-hydroxylation sites is 1. The first-order chi connectivity index (χ1) is 9.04. The fourth-order valence-corrected chi connectivity index (χ4v) is 1.52. The van der Waals surface area contributed by atoms with Crippen LogP contribution in [0.1, 0.15) is 32.3 Å². The molecule has 0 amide bonds. The molecule has 1 aromatic carbocycles. The van der Waals surface area contributed by atoms with E-state index in [2.05, 4.69) is 4.74 Å². The average Bonchev–Trinajstić information content (AvgIpc) is 2.37. The molecule has 0 saturated carbocycles. The van der Waals surface area contributed by atoms with Crippen LogP contribution in [0.25, 0.3) is 0 Å². The van der Waals surface area contributed by atoms with Crippen LogP contribution in [-0.4, -0.2) is 18.5 Å². The molecule has 4 nitrogen and oxygen atoms in total. The largest absolute Gasteiger partial charge is 0.463 e. The van der Waals surface area contributed by atoms with E-state index < -0.39 is 11.9 Å². The second-order valence-electron chi connectivity index (χ2n) is 4.20. The summed E-state index contributed by atoms with van der Waals surface area (Å²) in [4.78, 5) is 22.6. The van der Waals surface area contributed by atoms with Gasteiger partial charge in [-0.3, -0.25) is 0 Å². The van der Waals surface area contributed by atoms with Gasteiger partial charge in [-0.1, -0.05) is 32.0 Å². The average molecular weight is 262 g/mol. The summed E-state index contributed by atoms with van der Waals surface area (Å²) in [7, 11) is 0. The molecule has 0 aliphatic carbocycles. The van der Waals surface area contributed by atoms with Gasteiger partial charge in [0.15, 0.2) is 0 Å². The highest BCUT2D eigenvalue weighted by molar-refractivity contribution is 5.92. The summed E-state index contributed by atoms with van der Waals surface area (Å²) < 4.78 is 9.87. The molecule has 0 fully saturated rings. The van der Waals surface area contributed by atoms with Crippen molar-refractivity contribution in [2.24, 2.45) is 0 Å². The van der Waals surface area contributed by atoms with E-state index >= 15 is 0 Å². The van der Waals surface area contributed by atoms with Crippen LogP contribution in [-0.2, 0) is 14.3 Å². The topological polar surface area (TPSA) is 52.6 Å². The number of esters is 2. The van der Waals surface area contributed by atoms with E-state index in [4.69, 9.17) is 4.74 Å². The van der Waals surface area contributed by atoms with Gasteiger partial charge in [-0.2, -0.15) is 0 Å². The molecule has 0 aliphatic heterocycles. The Bertz CT molecular complexity index is 475. The van der Waals surface area contributed by atoms with Gasteiger partial charge in [0.25, 0.3) is 0 Å². The van der Waals surface area contributed by atoms with Crippen LogP contribution in [0.15, 0.2) is 36.4 Å². The molecule has 0 N–H and O–H groups in total. The Morgan fingerprint density at radius 1 is 1.16 bits per heavy atom. The van der Waals surface area contributed by atoms with Crippen LogP contribution in [0.5, 0.6) is 5.75 Å². The van der Waals surface area contributed by atoms with Crippen molar-refractivity contribution in [3.05, 3.63) is 42.0 Å². The van der Waals surface area contributed by atoms with Crippen molar-refractivity contribution in [1.29, 1.82) is 0 Å². The molecule has 1 rings (SSSR count). The van der Waals surface area contributed by atoms with Crippen LogP contribution in [0, 0.1) is 0 Å². The number of carbonyl (C=O) groups excluding carboxylic acids is 2. The molecule has 0 saturated heterocycles. The number of rotatable bonds is 5. The van der Waals surface area contributed by atoms with Crippen molar-refractivity contribution < 1.29 is 19.1 Å². The maximum absolute atomic E-state index is 11.6. The number of hydrogen-bond acceptors (Lipinski definition) is 4. The Morgan fingerprint density at radius 2 is 1.79 bits per heavy atom. The molecule has 0 bridgehead atoms. The lowest BCUT2D eigenvalue weighted by atomic mass is 10.0. The number of ether oxygens (including phenoxy) is 2. The molecule has 0 aromatic heterocycles. The third-order valence-corrected chi connectivity index (χ3v) is 2.39. The highest BCUT2D eigenvalue weighted by Gasteiger charge is 2.09. The molecule has 0 radical (unpaired) electrons. The molecule has 0 atom stereocenters. The predicted molar refractivity (Wildman–Crippen MR) is 71.9 cm³/mol. The van der Waals surface area contributed by atoms with Crippen LogP contribution in [0.3, 0.4) is 0 Å². The first-order valence-electron chi connectivity index (χ1n) is 6.20. The summed E-state index contributed by atoms with van der Waals surface area (Å²) in [6.45, 7) is 6.00. The van der Waals surface area contributed by atoms with Crippen LogP contribution < -0.4 is 4.74 Å². The van der Waals surface area contributed by atoms with Crippen LogP contribution in [0.4, 0.5) is 0 Å². The van der Waals surface area contributed by atoms with Crippen molar-refractivity contribution in [3.8, 4) is 5.75 Å². The van der Waals surface area contributed by atoms with Gasteiger partial charge in [0.05, 0.1) is 6.61 Å². The van der Waals surface area contributed by atoms with E-state index in [1.807, 2.05) is 26.0 Å². The van der Waals surface area contributed by atoms with E-state index in [-0.39, 0.29) is 12.5 Å². The van der Waals surface area contributed by atoms with Crippen molar-refractivity contribution in [1.82, 2.24) is 0 Å². The van der Waals surface area contributed by atoms with Crippen LogP contribution in [0.2, 0.25) is 0 Å². The maximum Gasteiger partial charge on any atom is 0.336 e. The zero-order chi connectivity index (χ0) is 14.3. The Labute approximate surface area is 113 Å². The summed E-state index contributed by atoms with van der Waals surface area (Å²) in [5.41, 5.74) is 0.945. The minimum Gasteiger partial charge on any atom is -0.463 e. The monoisotopic (exact) mass is 262 g/mol. The van der Waals surface area contributed by atoms with E-state index in [1.54, 1.807) is 19.1 Å². The van der Waals surface area contributed by atoms with Crippen molar-refractivity contribution in [2.75, 3.05) is 6.61 Å². The maximum atomic E-state index is 11.6. The second kappa shape index (κ2) is 7.36. The zero-order valence-corrected chi connectivity index (χ0v) is 11.4. The number of carbonyl (C=O) groups is 2. The number of benzene rings is 1. The van der Waals surface area contributed by atoms with Crippen molar-refractivity contribution in [2.45, 2.75) is 26.7 Å². The molecule has 0 aliphatic rings.